The Morgan fingerprint density at radius 2 is 2.06 bits per heavy atom. The normalized spacial score (nSPS) is 20.4. The van der Waals surface area contributed by atoms with Gasteiger partial charge in [0.05, 0.1) is 23.7 Å². The second-order valence-electron chi connectivity index (χ2n) is 7.57. The quantitative estimate of drug-likeness (QED) is 0.490. The molecule has 0 unspecified atom stereocenters. The predicted octanol–water partition coefficient (Wildman–Crippen LogP) is 4.14. The summed E-state index contributed by atoms with van der Waals surface area (Å²) in [5.41, 5.74) is 1.77. The van der Waals surface area contributed by atoms with E-state index in [1.807, 2.05) is 10.3 Å². The fraction of sp³-hybridized carbons (Fsp3) is 0.348. The van der Waals surface area contributed by atoms with Crippen molar-refractivity contribution < 1.29 is 18.7 Å². The number of amidine groups is 1. The molecule has 3 aliphatic rings. The molecule has 3 aliphatic heterocycles. The summed E-state index contributed by atoms with van der Waals surface area (Å²) in [5, 5.41) is 2.49. The second kappa shape index (κ2) is 9.09. The number of aliphatic imine (C=N–C) groups is 1. The standard InChI is InChI=1S/C23H24FN3O3S/c1-3-12-30-22(29)20-15(2)25-23-27(21(20)17-8-4-5-9-18(17)24)16(14-31-23)13-19(28)26-10-6-7-11-26/h3-5,8-9,14,21H,1,6-7,10-13H2,2H3/t21-/m0/s1. The SMILES string of the molecule is C=CCOC(=O)C1=C(C)N=C2SC=C(CC(=O)N3CCCC3)N2[C@H]1c1ccccc1F. The van der Waals surface area contributed by atoms with Gasteiger partial charge in [0.1, 0.15) is 12.4 Å². The molecule has 0 bridgehead atoms. The van der Waals surface area contributed by atoms with Gasteiger partial charge in [-0.2, -0.15) is 0 Å². The molecule has 1 saturated heterocycles. The van der Waals surface area contributed by atoms with Crippen molar-refractivity contribution in [3.63, 3.8) is 0 Å². The number of thioether (sulfide) groups is 1. The highest BCUT2D eigenvalue weighted by Crippen LogP contribution is 2.45. The number of likely N-dealkylation sites (tertiary alicyclic amines) is 1. The number of rotatable bonds is 6. The van der Waals surface area contributed by atoms with E-state index in [0.29, 0.717) is 22.1 Å². The monoisotopic (exact) mass is 441 g/mol. The first kappa shape index (κ1) is 21.4. The summed E-state index contributed by atoms with van der Waals surface area (Å²) in [7, 11) is 0. The molecule has 3 heterocycles. The van der Waals surface area contributed by atoms with Gasteiger partial charge < -0.3 is 14.5 Å². The van der Waals surface area contributed by atoms with Crippen molar-refractivity contribution in [3.8, 4) is 0 Å². The zero-order chi connectivity index (χ0) is 22.0. The van der Waals surface area contributed by atoms with Crippen LogP contribution in [-0.2, 0) is 14.3 Å². The molecule has 4 rings (SSSR count). The Kier molecular flexibility index (Phi) is 6.27. The van der Waals surface area contributed by atoms with Crippen LogP contribution >= 0.6 is 11.8 Å². The Labute approximate surface area is 185 Å². The first-order valence-electron chi connectivity index (χ1n) is 10.3. The fourth-order valence-corrected chi connectivity index (χ4v) is 5.03. The Balaban J connectivity index is 1.72. The number of hydrogen-bond acceptors (Lipinski definition) is 6. The van der Waals surface area contributed by atoms with Crippen molar-refractivity contribution in [2.24, 2.45) is 4.99 Å². The van der Waals surface area contributed by atoms with Crippen molar-refractivity contribution in [1.82, 2.24) is 9.80 Å². The van der Waals surface area contributed by atoms with E-state index in [4.69, 9.17) is 4.74 Å². The highest BCUT2D eigenvalue weighted by molar-refractivity contribution is 8.16. The summed E-state index contributed by atoms with van der Waals surface area (Å²) in [5.74, 6) is -0.979. The first-order valence-corrected chi connectivity index (χ1v) is 11.1. The number of halogens is 1. The van der Waals surface area contributed by atoms with Crippen LogP contribution in [0.5, 0.6) is 0 Å². The van der Waals surface area contributed by atoms with E-state index in [1.165, 1.54) is 23.9 Å². The third-order valence-electron chi connectivity index (χ3n) is 5.54. The van der Waals surface area contributed by atoms with Crippen molar-refractivity contribution in [1.29, 1.82) is 0 Å². The smallest absolute Gasteiger partial charge is 0.338 e. The van der Waals surface area contributed by atoms with E-state index < -0.39 is 17.8 Å². The lowest BCUT2D eigenvalue weighted by Crippen LogP contribution is -2.38. The Bertz CT molecular complexity index is 1010. The zero-order valence-electron chi connectivity index (χ0n) is 17.3. The number of esters is 1. The lowest BCUT2D eigenvalue weighted by molar-refractivity contribution is -0.138. The van der Waals surface area contributed by atoms with E-state index >= 15 is 0 Å². The van der Waals surface area contributed by atoms with Gasteiger partial charge in [0.15, 0.2) is 5.17 Å². The molecule has 0 saturated carbocycles. The van der Waals surface area contributed by atoms with Gasteiger partial charge in [0, 0.05) is 24.4 Å². The van der Waals surface area contributed by atoms with Gasteiger partial charge in [0.25, 0.3) is 0 Å². The molecule has 1 atom stereocenters. The summed E-state index contributed by atoms with van der Waals surface area (Å²) < 4.78 is 20.2. The van der Waals surface area contributed by atoms with Crippen LogP contribution in [0.15, 0.2) is 64.3 Å². The Morgan fingerprint density at radius 3 is 2.77 bits per heavy atom. The van der Waals surface area contributed by atoms with Crippen LogP contribution in [0.25, 0.3) is 0 Å². The molecule has 0 radical (unpaired) electrons. The molecule has 162 valence electrons. The molecule has 0 N–H and O–H groups in total. The van der Waals surface area contributed by atoms with E-state index in [0.717, 1.165) is 25.9 Å². The number of benzene rings is 1. The molecule has 6 nitrogen and oxygen atoms in total. The van der Waals surface area contributed by atoms with Crippen molar-refractivity contribution in [3.05, 3.63) is 70.7 Å². The number of hydrogen-bond donors (Lipinski definition) is 0. The number of ether oxygens (including phenoxy) is 1. The maximum atomic E-state index is 14.9. The van der Waals surface area contributed by atoms with Crippen LogP contribution in [0.3, 0.4) is 0 Å². The average Bonchev–Trinajstić information content (AvgIpc) is 3.42. The topological polar surface area (TPSA) is 62.2 Å². The molecule has 0 aliphatic carbocycles. The largest absolute Gasteiger partial charge is 0.458 e. The molecule has 1 amide bonds. The van der Waals surface area contributed by atoms with Gasteiger partial charge in [-0.25, -0.2) is 14.2 Å². The van der Waals surface area contributed by atoms with Gasteiger partial charge in [-0.3, -0.25) is 4.79 Å². The summed E-state index contributed by atoms with van der Waals surface area (Å²) in [4.78, 5) is 34.0. The highest BCUT2D eigenvalue weighted by atomic mass is 32.2. The van der Waals surface area contributed by atoms with Crippen LogP contribution in [0.2, 0.25) is 0 Å². The summed E-state index contributed by atoms with van der Waals surface area (Å²) in [6.07, 6.45) is 3.67. The van der Waals surface area contributed by atoms with Crippen molar-refractivity contribution in [2.75, 3.05) is 19.7 Å². The van der Waals surface area contributed by atoms with Gasteiger partial charge in [-0.1, -0.05) is 42.6 Å². The zero-order valence-corrected chi connectivity index (χ0v) is 18.2. The van der Waals surface area contributed by atoms with E-state index in [2.05, 4.69) is 11.6 Å². The molecule has 1 aromatic rings. The number of fused-ring (bicyclic) bond motifs is 1. The molecular weight excluding hydrogens is 417 g/mol. The summed E-state index contributed by atoms with van der Waals surface area (Å²) in [6, 6.07) is 5.59. The number of carbonyl (C=O) groups excluding carboxylic acids is 2. The maximum Gasteiger partial charge on any atom is 0.338 e. The van der Waals surface area contributed by atoms with Crippen LogP contribution in [0, 0.1) is 5.82 Å². The van der Waals surface area contributed by atoms with Crippen LogP contribution in [-0.4, -0.2) is 46.5 Å². The minimum absolute atomic E-state index is 0.0277. The first-order chi connectivity index (χ1) is 15.0. The second-order valence-corrected chi connectivity index (χ2v) is 8.40. The predicted molar refractivity (Wildman–Crippen MR) is 118 cm³/mol. The van der Waals surface area contributed by atoms with E-state index in [-0.39, 0.29) is 24.5 Å². The lowest BCUT2D eigenvalue weighted by Gasteiger charge is -2.36. The molecule has 1 aromatic carbocycles. The van der Waals surface area contributed by atoms with Gasteiger partial charge in [-0.15, -0.1) is 0 Å². The van der Waals surface area contributed by atoms with Crippen LogP contribution in [0.4, 0.5) is 4.39 Å². The summed E-state index contributed by atoms with van der Waals surface area (Å²) >= 11 is 1.38. The Morgan fingerprint density at radius 1 is 1.32 bits per heavy atom. The molecule has 8 heteroatoms. The fourth-order valence-electron chi connectivity index (χ4n) is 4.07. The number of allylic oxidation sites excluding steroid dienone is 1. The van der Waals surface area contributed by atoms with Gasteiger partial charge >= 0.3 is 5.97 Å². The lowest BCUT2D eigenvalue weighted by atomic mass is 9.93. The minimum atomic E-state index is -0.765. The third kappa shape index (κ3) is 4.17. The Hall–Kier alpha value is -2.87. The minimum Gasteiger partial charge on any atom is -0.458 e. The number of carbonyl (C=O) groups is 2. The molecule has 1 fully saturated rings. The van der Waals surface area contributed by atoms with Gasteiger partial charge in [0.2, 0.25) is 5.91 Å². The molecule has 0 spiro atoms. The molecule has 0 aromatic heterocycles. The number of nitrogens with zero attached hydrogens (tertiary/aromatic N) is 3. The summed E-state index contributed by atoms with van der Waals surface area (Å²) in [6.45, 7) is 6.86. The van der Waals surface area contributed by atoms with Crippen molar-refractivity contribution in [2.45, 2.75) is 32.2 Å². The van der Waals surface area contributed by atoms with Crippen LogP contribution in [0.1, 0.15) is 37.8 Å². The maximum absolute atomic E-state index is 14.9. The van der Waals surface area contributed by atoms with Gasteiger partial charge in [-0.05, 0) is 31.2 Å². The average molecular weight is 442 g/mol. The third-order valence-corrected chi connectivity index (χ3v) is 6.43. The van der Waals surface area contributed by atoms with Crippen molar-refractivity contribution >= 4 is 28.8 Å². The molecule has 31 heavy (non-hydrogen) atoms. The molecular formula is C23H24FN3O3S. The van der Waals surface area contributed by atoms with Crippen LogP contribution < -0.4 is 0 Å². The number of amides is 1. The highest BCUT2D eigenvalue weighted by Gasteiger charge is 2.42. The van der Waals surface area contributed by atoms with E-state index in [1.54, 1.807) is 30.0 Å². The van der Waals surface area contributed by atoms with E-state index in [9.17, 15) is 14.0 Å².